The van der Waals surface area contributed by atoms with Crippen LogP contribution in [0, 0.1) is 263 Å². The van der Waals surface area contributed by atoms with E-state index in [0.717, 1.165) is 90.9 Å². The Bertz CT molecular complexity index is 4730. The van der Waals surface area contributed by atoms with Gasteiger partial charge in [-0.05, 0) is 419 Å². The van der Waals surface area contributed by atoms with Gasteiger partial charge in [-0.2, -0.15) is 0 Å². The largest absolute Gasteiger partial charge is 0.258 e. The van der Waals surface area contributed by atoms with E-state index >= 15 is 0 Å². The van der Waals surface area contributed by atoms with Crippen molar-refractivity contribution in [3.05, 3.63) is 213 Å². The van der Waals surface area contributed by atoms with E-state index in [9.17, 15) is 0 Å². The molecule has 6 aromatic carbocycles. The molecule has 0 atom stereocenters. The Labute approximate surface area is 588 Å². The van der Waals surface area contributed by atoms with Gasteiger partial charge in [0.05, 0.1) is 22.1 Å². The van der Waals surface area contributed by atoms with Gasteiger partial charge in [-0.3, -0.25) is 9.97 Å². The molecule has 12 aromatic rings. The fraction of sp³-hybridized carbons (Fsp3) is 0.432. The van der Waals surface area contributed by atoms with Gasteiger partial charge in [0.25, 0.3) is 0 Å². The molecule has 0 bridgehead atoms. The third-order valence-corrected chi connectivity index (χ3v) is 23.1. The van der Waals surface area contributed by atoms with Gasteiger partial charge in [-0.15, -0.1) is 0 Å². The van der Waals surface area contributed by atoms with Crippen molar-refractivity contribution in [3.63, 3.8) is 0 Å². The summed E-state index contributed by atoms with van der Waals surface area (Å²) in [6.45, 7) is 81.3. The maximum Gasteiger partial charge on any atom is 0.126 e. The maximum absolute atomic E-state index is 4.67. The fourth-order valence-electron chi connectivity index (χ4n) is 15.1. The first-order valence-corrected chi connectivity index (χ1v) is 35.0. The molecule has 0 aliphatic carbocycles. The van der Waals surface area contributed by atoms with Crippen LogP contribution in [0.4, 0.5) is 0 Å². The van der Waals surface area contributed by atoms with Crippen molar-refractivity contribution in [3.8, 4) is 0 Å². The Morgan fingerprint density at radius 1 is 0.102 bits per heavy atom. The minimum absolute atomic E-state index is 0.857. The Hall–Kier alpha value is -8.50. The molecule has 0 fully saturated rings. The first kappa shape index (κ1) is 76.9. The third kappa shape index (κ3) is 14.1. The molecule has 516 valence electrons. The number of pyridine rings is 2. The highest BCUT2D eigenvalue weighted by Crippen LogP contribution is 2.37. The van der Waals surface area contributed by atoms with Crippen molar-refractivity contribution in [1.82, 2.24) is 49.8 Å². The second-order valence-corrected chi connectivity index (χ2v) is 28.6. The molecule has 0 amide bonds. The lowest BCUT2D eigenvalue weighted by Gasteiger charge is -2.18. The second kappa shape index (κ2) is 29.5. The summed E-state index contributed by atoms with van der Waals surface area (Å²) in [5.74, 6) is 3.43. The molecular weight excluding hydrogens is 1200 g/mol. The summed E-state index contributed by atoms with van der Waals surface area (Å²) in [6, 6.07) is 0. The molecule has 0 radical (unpaired) electrons. The molecular formula is C88H114N10. The SMILES string of the molecule is Cc1nc(C)c2c(C)c(C)c(C)c(C)c2c1C.Cc1nc(C)c2c(C)c(C)c(C)c(C)c2c1C.Cc1nc(C)c2c(C)c(C)c(C)c(C)c2n1.Cc1nc(C)c2c(C)c(C)c(C)c(C)c2n1.Cc1nc(C)c2c(C)c(C)c(C)c(C)c2n1.Cc1nc(C)c2c(C)c(C)c(C)c(C)c2n1. The summed E-state index contributed by atoms with van der Waals surface area (Å²) in [7, 11) is 0. The molecule has 0 saturated carbocycles. The van der Waals surface area contributed by atoms with Crippen molar-refractivity contribution >= 4 is 65.2 Å². The summed E-state index contributed by atoms with van der Waals surface area (Å²) >= 11 is 0. The molecule has 6 aromatic heterocycles. The van der Waals surface area contributed by atoms with Gasteiger partial charge in [0, 0.05) is 77.9 Å². The van der Waals surface area contributed by atoms with Crippen LogP contribution in [0.5, 0.6) is 0 Å². The van der Waals surface area contributed by atoms with Crippen LogP contribution in [0.2, 0.25) is 0 Å². The van der Waals surface area contributed by atoms with Gasteiger partial charge in [-0.1, -0.05) is 0 Å². The molecule has 6 heterocycles. The highest BCUT2D eigenvalue weighted by atomic mass is 14.9. The van der Waals surface area contributed by atoms with Gasteiger partial charge in [0.1, 0.15) is 23.3 Å². The minimum atomic E-state index is 0.857. The summed E-state index contributed by atoms with van der Waals surface area (Å²) in [5.41, 5.74) is 48.6. The number of rotatable bonds is 0. The first-order valence-electron chi connectivity index (χ1n) is 35.0. The summed E-state index contributed by atoms with van der Waals surface area (Å²) in [4.78, 5) is 45.6. The number of aryl methyl sites for hydroxylation is 26. The van der Waals surface area contributed by atoms with Crippen molar-refractivity contribution in [2.75, 3.05) is 0 Å². The van der Waals surface area contributed by atoms with Gasteiger partial charge >= 0.3 is 0 Å². The molecule has 10 heteroatoms. The Morgan fingerprint density at radius 2 is 0.245 bits per heavy atom. The zero-order chi connectivity index (χ0) is 73.9. The molecule has 12 rings (SSSR count). The van der Waals surface area contributed by atoms with Crippen molar-refractivity contribution in [1.29, 1.82) is 0 Å². The highest BCUT2D eigenvalue weighted by molar-refractivity contribution is 5.97. The van der Waals surface area contributed by atoms with E-state index in [2.05, 4.69) is 285 Å². The van der Waals surface area contributed by atoms with Crippen LogP contribution in [0.15, 0.2) is 0 Å². The van der Waals surface area contributed by atoms with Gasteiger partial charge in [0.15, 0.2) is 0 Å². The van der Waals surface area contributed by atoms with E-state index in [1.165, 1.54) is 188 Å². The van der Waals surface area contributed by atoms with Gasteiger partial charge in [-0.25, -0.2) is 39.9 Å². The minimum Gasteiger partial charge on any atom is -0.258 e. The van der Waals surface area contributed by atoms with E-state index < -0.39 is 0 Å². The smallest absolute Gasteiger partial charge is 0.126 e. The topological polar surface area (TPSA) is 129 Å². The lowest BCUT2D eigenvalue weighted by atomic mass is 9.89. The standard InChI is InChI=1S/2C16H21N.4C14H18N2/c2*1-8-9(2)11(4)16-14(7)17-13(6)12(5)15(16)10(8)3;4*1-7-8(2)10(4)14-13(9(7)3)11(5)15-12(6)16-14/h2*1-7H3;4*1-6H3. The number of fused-ring (bicyclic) bond motifs is 6. The molecule has 0 saturated heterocycles. The van der Waals surface area contributed by atoms with Crippen LogP contribution >= 0.6 is 0 Å². The Balaban J connectivity index is 0.000000166. The number of hydrogen-bond acceptors (Lipinski definition) is 10. The zero-order valence-electron chi connectivity index (χ0n) is 67.5. The quantitative estimate of drug-likeness (QED) is 0.145. The zero-order valence-corrected chi connectivity index (χ0v) is 67.5. The molecule has 0 aliphatic rings. The van der Waals surface area contributed by atoms with E-state index in [1.807, 2.05) is 27.7 Å². The Kier molecular flexibility index (Phi) is 23.2. The van der Waals surface area contributed by atoms with E-state index in [1.54, 1.807) is 0 Å². The average molecular weight is 1310 g/mol. The summed E-state index contributed by atoms with van der Waals surface area (Å²) in [5, 5.41) is 10.4. The molecule has 0 spiro atoms. The number of aromatic nitrogens is 10. The van der Waals surface area contributed by atoms with Gasteiger partial charge in [0.2, 0.25) is 0 Å². The van der Waals surface area contributed by atoms with Crippen LogP contribution in [0.25, 0.3) is 65.2 Å². The molecule has 0 N–H and O–H groups in total. The number of hydrogen-bond donors (Lipinski definition) is 0. The molecule has 98 heavy (non-hydrogen) atoms. The lowest BCUT2D eigenvalue weighted by molar-refractivity contribution is 1.04. The predicted octanol–water partition coefficient (Wildman–Crippen LogP) is 22.7. The lowest BCUT2D eigenvalue weighted by Crippen LogP contribution is -2.01. The highest BCUT2D eigenvalue weighted by Gasteiger charge is 2.20. The van der Waals surface area contributed by atoms with Gasteiger partial charge < -0.3 is 0 Å². The first-order chi connectivity index (χ1) is 45.4. The van der Waals surface area contributed by atoms with E-state index in [4.69, 9.17) is 0 Å². The Morgan fingerprint density at radius 3 is 0.429 bits per heavy atom. The van der Waals surface area contributed by atoms with Crippen LogP contribution < -0.4 is 0 Å². The summed E-state index contributed by atoms with van der Waals surface area (Å²) < 4.78 is 0. The number of benzene rings is 6. The summed E-state index contributed by atoms with van der Waals surface area (Å²) in [6.07, 6.45) is 0. The average Bonchev–Trinajstić information content (AvgIpc) is 0.761. The monoisotopic (exact) mass is 1310 g/mol. The second-order valence-electron chi connectivity index (χ2n) is 28.6. The molecule has 10 nitrogen and oxygen atoms in total. The van der Waals surface area contributed by atoms with Crippen molar-refractivity contribution in [2.24, 2.45) is 0 Å². The molecule has 0 aliphatic heterocycles. The third-order valence-electron chi connectivity index (χ3n) is 23.1. The van der Waals surface area contributed by atoms with Crippen molar-refractivity contribution in [2.45, 2.75) is 263 Å². The number of nitrogens with zero attached hydrogens (tertiary/aromatic N) is 10. The van der Waals surface area contributed by atoms with Crippen LogP contribution in [-0.4, -0.2) is 49.8 Å². The maximum atomic E-state index is 4.67. The van der Waals surface area contributed by atoms with E-state index in [-0.39, 0.29) is 0 Å². The van der Waals surface area contributed by atoms with Crippen LogP contribution in [-0.2, 0) is 0 Å². The normalized spacial score (nSPS) is 11.2. The van der Waals surface area contributed by atoms with Crippen molar-refractivity contribution < 1.29 is 0 Å². The fourth-order valence-corrected chi connectivity index (χ4v) is 15.1. The van der Waals surface area contributed by atoms with Crippen LogP contribution in [0.1, 0.15) is 213 Å². The van der Waals surface area contributed by atoms with Crippen LogP contribution in [0.3, 0.4) is 0 Å². The molecule has 0 unspecified atom stereocenters. The van der Waals surface area contributed by atoms with E-state index in [0.29, 0.717) is 0 Å². The predicted molar refractivity (Wildman–Crippen MR) is 422 cm³/mol.